The first kappa shape index (κ1) is 16.0. The lowest BCUT2D eigenvalue weighted by Crippen LogP contribution is -2.31. The lowest BCUT2D eigenvalue weighted by molar-refractivity contribution is 0.0949. The average Bonchev–Trinajstić information content (AvgIpc) is 2.53. The largest absolute Gasteiger partial charge is 0.352 e. The van der Waals surface area contributed by atoms with Crippen molar-refractivity contribution in [2.24, 2.45) is 11.7 Å². The van der Waals surface area contributed by atoms with Crippen LogP contribution in [0.4, 0.5) is 0 Å². The molecular formula is C9H13Cl3N2OS. The molecule has 0 saturated heterocycles. The quantitative estimate of drug-likeness (QED) is 0.898. The third kappa shape index (κ3) is 4.47. The predicted octanol–water partition coefficient (Wildman–Crippen LogP) is 2.80. The third-order valence-corrected chi connectivity index (χ3v) is 3.40. The zero-order valence-corrected chi connectivity index (χ0v) is 11.8. The molecule has 0 aliphatic heterocycles. The topological polar surface area (TPSA) is 55.1 Å². The van der Waals surface area contributed by atoms with Crippen LogP contribution in [0.25, 0.3) is 0 Å². The van der Waals surface area contributed by atoms with Crippen LogP contribution in [0, 0.1) is 5.92 Å². The molecule has 7 heteroatoms. The van der Waals surface area contributed by atoms with Crippen LogP contribution in [-0.2, 0) is 0 Å². The molecule has 0 radical (unpaired) electrons. The first-order chi connectivity index (χ1) is 7.04. The van der Waals surface area contributed by atoms with Crippen LogP contribution in [0.1, 0.15) is 17.3 Å². The van der Waals surface area contributed by atoms with Gasteiger partial charge in [0.05, 0.1) is 9.90 Å². The van der Waals surface area contributed by atoms with Crippen molar-refractivity contribution < 1.29 is 4.79 Å². The van der Waals surface area contributed by atoms with Crippen molar-refractivity contribution in [2.75, 3.05) is 13.1 Å². The SMILES string of the molecule is CC(CN)CNC(=O)c1cc(Cl)sc1Cl.Cl. The fourth-order valence-corrected chi connectivity index (χ4v) is 2.40. The van der Waals surface area contributed by atoms with E-state index in [0.29, 0.717) is 27.3 Å². The lowest BCUT2D eigenvalue weighted by atomic mass is 10.2. The Bertz CT molecular complexity index is 357. The normalized spacial score (nSPS) is 11.8. The van der Waals surface area contributed by atoms with E-state index in [4.69, 9.17) is 28.9 Å². The van der Waals surface area contributed by atoms with Gasteiger partial charge in [-0.2, -0.15) is 0 Å². The molecule has 0 aromatic carbocycles. The minimum Gasteiger partial charge on any atom is -0.352 e. The van der Waals surface area contributed by atoms with Crippen LogP contribution < -0.4 is 11.1 Å². The maximum Gasteiger partial charge on any atom is 0.253 e. The minimum atomic E-state index is -0.205. The standard InChI is InChI=1S/C9H12Cl2N2OS.ClH/c1-5(3-12)4-13-9(14)6-2-7(10)15-8(6)11;/h2,5H,3-4,12H2,1H3,(H,13,14);1H. The highest BCUT2D eigenvalue weighted by Crippen LogP contribution is 2.30. The van der Waals surface area contributed by atoms with Gasteiger partial charge in [0.2, 0.25) is 0 Å². The van der Waals surface area contributed by atoms with Crippen molar-refractivity contribution in [3.8, 4) is 0 Å². The van der Waals surface area contributed by atoms with E-state index >= 15 is 0 Å². The summed E-state index contributed by atoms with van der Waals surface area (Å²) in [6.45, 7) is 3.04. The highest BCUT2D eigenvalue weighted by molar-refractivity contribution is 7.20. The molecular weight excluding hydrogens is 291 g/mol. The molecule has 0 spiro atoms. The molecule has 1 atom stereocenters. The number of thiophene rings is 1. The van der Waals surface area contributed by atoms with E-state index in [1.807, 2.05) is 6.92 Å². The Morgan fingerprint density at radius 3 is 2.69 bits per heavy atom. The second kappa shape index (κ2) is 7.35. The van der Waals surface area contributed by atoms with E-state index in [1.54, 1.807) is 6.07 Å². The van der Waals surface area contributed by atoms with Gasteiger partial charge >= 0.3 is 0 Å². The highest BCUT2D eigenvalue weighted by Gasteiger charge is 2.14. The van der Waals surface area contributed by atoms with Gasteiger partial charge < -0.3 is 11.1 Å². The Labute approximate surface area is 115 Å². The number of halogens is 3. The molecule has 0 aliphatic rings. The van der Waals surface area contributed by atoms with E-state index in [0.717, 1.165) is 0 Å². The van der Waals surface area contributed by atoms with Crippen molar-refractivity contribution in [1.29, 1.82) is 0 Å². The number of nitrogens with one attached hydrogen (secondary N) is 1. The van der Waals surface area contributed by atoms with E-state index in [1.165, 1.54) is 11.3 Å². The second-order valence-electron chi connectivity index (χ2n) is 3.29. The van der Waals surface area contributed by atoms with Gasteiger partial charge in [0.25, 0.3) is 5.91 Å². The molecule has 0 aliphatic carbocycles. The number of carbonyl (C=O) groups excluding carboxylic acids is 1. The van der Waals surface area contributed by atoms with Gasteiger partial charge in [-0.05, 0) is 18.5 Å². The Morgan fingerprint density at radius 2 is 2.25 bits per heavy atom. The summed E-state index contributed by atoms with van der Waals surface area (Å²) in [7, 11) is 0. The molecule has 1 rings (SSSR count). The summed E-state index contributed by atoms with van der Waals surface area (Å²) in [5, 5.41) is 2.75. The summed E-state index contributed by atoms with van der Waals surface area (Å²) in [6.07, 6.45) is 0. The third-order valence-electron chi connectivity index (χ3n) is 1.91. The first-order valence-electron chi connectivity index (χ1n) is 4.47. The summed E-state index contributed by atoms with van der Waals surface area (Å²) < 4.78 is 0.926. The molecule has 1 heterocycles. The van der Waals surface area contributed by atoms with Gasteiger partial charge in [-0.3, -0.25) is 4.79 Å². The molecule has 92 valence electrons. The van der Waals surface area contributed by atoms with Gasteiger partial charge in [0.15, 0.2) is 0 Å². The minimum absolute atomic E-state index is 0. The zero-order chi connectivity index (χ0) is 11.4. The van der Waals surface area contributed by atoms with Crippen molar-refractivity contribution in [2.45, 2.75) is 6.92 Å². The van der Waals surface area contributed by atoms with E-state index < -0.39 is 0 Å². The van der Waals surface area contributed by atoms with Gasteiger partial charge in [-0.25, -0.2) is 0 Å². The first-order valence-corrected chi connectivity index (χ1v) is 6.05. The van der Waals surface area contributed by atoms with Crippen LogP contribution in [0.15, 0.2) is 6.07 Å². The van der Waals surface area contributed by atoms with Crippen LogP contribution in [0.5, 0.6) is 0 Å². The summed E-state index contributed by atoms with van der Waals surface area (Å²) in [5.74, 6) is 0.0466. The summed E-state index contributed by atoms with van der Waals surface area (Å²) >= 11 is 12.8. The molecule has 1 unspecified atom stereocenters. The van der Waals surface area contributed by atoms with Crippen LogP contribution in [-0.4, -0.2) is 19.0 Å². The number of hydrogen-bond donors (Lipinski definition) is 2. The number of nitrogens with two attached hydrogens (primary N) is 1. The Morgan fingerprint density at radius 1 is 1.62 bits per heavy atom. The smallest absolute Gasteiger partial charge is 0.253 e. The molecule has 0 fully saturated rings. The maximum atomic E-state index is 11.6. The summed E-state index contributed by atoms with van der Waals surface area (Å²) in [4.78, 5) is 11.6. The molecule has 16 heavy (non-hydrogen) atoms. The molecule has 0 bridgehead atoms. The second-order valence-corrected chi connectivity index (χ2v) is 5.57. The lowest BCUT2D eigenvalue weighted by Gasteiger charge is -2.09. The van der Waals surface area contributed by atoms with Gasteiger partial charge in [-0.15, -0.1) is 23.7 Å². The fraction of sp³-hybridized carbons (Fsp3) is 0.444. The molecule has 3 N–H and O–H groups in total. The van der Waals surface area contributed by atoms with E-state index in [-0.39, 0.29) is 24.2 Å². The van der Waals surface area contributed by atoms with Gasteiger partial charge in [0.1, 0.15) is 4.34 Å². The van der Waals surface area contributed by atoms with E-state index in [2.05, 4.69) is 5.32 Å². The maximum absolute atomic E-state index is 11.6. The molecule has 1 amide bonds. The molecule has 1 aromatic rings. The molecule has 0 saturated carbocycles. The number of amides is 1. The van der Waals surface area contributed by atoms with Crippen molar-refractivity contribution in [1.82, 2.24) is 5.32 Å². The van der Waals surface area contributed by atoms with Crippen LogP contribution in [0.3, 0.4) is 0 Å². The number of rotatable bonds is 4. The average molecular weight is 304 g/mol. The zero-order valence-electron chi connectivity index (χ0n) is 8.63. The molecule has 3 nitrogen and oxygen atoms in total. The predicted molar refractivity (Wildman–Crippen MR) is 72.1 cm³/mol. The van der Waals surface area contributed by atoms with Crippen molar-refractivity contribution in [3.05, 3.63) is 20.3 Å². The number of carbonyl (C=O) groups is 1. The summed E-state index contributed by atoms with van der Waals surface area (Å²) in [5.41, 5.74) is 5.86. The van der Waals surface area contributed by atoms with Crippen molar-refractivity contribution in [3.63, 3.8) is 0 Å². The van der Waals surface area contributed by atoms with Gasteiger partial charge in [-0.1, -0.05) is 30.1 Å². The number of hydrogen-bond acceptors (Lipinski definition) is 3. The highest BCUT2D eigenvalue weighted by atomic mass is 35.5. The van der Waals surface area contributed by atoms with E-state index in [9.17, 15) is 4.79 Å². The Hall–Kier alpha value is -0.000000000000000222. The monoisotopic (exact) mass is 302 g/mol. The fourth-order valence-electron chi connectivity index (χ4n) is 0.941. The Balaban J connectivity index is 0.00000225. The van der Waals surface area contributed by atoms with Crippen LogP contribution >= 0.6 is 46.9 Å². The summed E-state index contributed by atoms with van der Waals surface area (Å²) in [6, 6.07) is 1.57. The van der Waals surface area contributed by atoms with Crippen molar-refractivity contribution >= 4 is 52.9 Å². The molecule has 1 aromatic heterocycles. The Kier molecular flexibility index (Phi) is 7.35. The van der Waals surface area contributed by atoms with Gasteiger partial charge in [0, 0.05) is 6.54 Å². The van der Waals surface area contributed by atoms with Crippen LogP contribution in [0.2, 0.25) is 8.67 Å².